The zero-order valence-electron chi connectivity index (χ0n) is 21.2. The minimum atomic E-state index is -3.67. The molecule has 1 aliphatic rings. The van der Waals surface area contributed by atoms with Gasteiger partial charge in [0, 0.05) is 36.7 Å². The Balaban J connectivity index is 1.82. The number of ether oxygens (including phenoxy) is 1. The van der Waals surface area contributed by atoms with E-state index in [-0.39, 0.29) is 23.6 Å². The van der Waals surface area contributed by atoms with Crippen LogP contribution in [0.5, 0.6) is 5.75 Å². The molecule has 0 saturated heterocycles. The van der Waals surface area contributed by atoms with Crippen molar-refractivity contribution < 1.29 is 26.8 Å². The topological polar surface area (TPSA) is 114 Å². The first-order valence-electron chi connectivity index (χ1n) is 11.8. The molecule has 1 amide bonds. The van der Waals surface area contributed by atoms with Crippen LogP contribution in [0.3, 0.4) is 0 Å². The number of furan rings is 1. The molecule has 0 spiro atoms. The molecule has 11 heteroatoms. The van der Waals surface area contributed by atoms with Crippen LogP contribution < -0.4 is 14.4 Å². The number of hydrogen-bond acceptors (Lipinski definition) is 7. The van der Waals surface area contributed by atoms with Gasteiger partial charge >= 0.3 is 0 Å². The third-order valence-corrected chi connectivity index (χ3v) is 7.61. The number of nitrogens with one attached hydrogen (secondary N) is 1. The van der Waals surface area contributed by atoms with Crippen molar-refractivity contribution in [2.45, 2.75) is 13.3 Å². The van der Waals surface area contributed by atoms with E-state index in [9.17, 15) is 17.6 Å². The van der Waals surface area contributed by atoms with Gasteiger partial charge < -0.3 is 14.5 Å². The van der Waals surface area contributed by atoms with Crippen LogP contribution in [0.15, 0.2) is 57.9 Å². The first-order valence-corrected chi connectivity index (χ1v) is 13.7. The molecular formula is C27H25FN4O5S. The summed E-state index contributed by atoms with van der Waals surface area (Å²) in [7, 11) is -0.741. The molecule has 0 aliphatic carbocycles. The third kappa shape index (κ3) is 4.38. The van der Waals surface area contributed by atoms with Crippen LogP contribution in [-0.4, -0.2) is 52.1 Å². The number of hydrogen-bond donors (Lipinski definition) is 1. The second kappa shape index (κ2) is 9.56. The Labute approximate surface area is 219 Å². The molecule has 1 N–H and O–H groups in total. The standard InChI is InChI=1S/C27H25FN4O5S/c1-5-19-25-22(36-14-30-19)11-10-20(31-25)17-12-18-23(13-21(17)32(3)38(4,34)35)37-26(24(18)27(33)29-2)15-6-8-16(28)9-7-15/h6-13H,5,14H2,1-4H3,(H,29,33). The number of anilines is 1. The van der Waals surface area contributed by atoms with E-state index >= 15 is 0 Å². The number of amides is 1. The van der Waals surface area contributed by atoms with Crippen LogP contribution in [0.4, 0.5) is 10.1 Å². The molecule has 9 nitrogen and oxygen atoms in total. The molecule has 0 unspecified atom stereocenters. The fraction of sp³-hybridized carbons (Fsp3) is 0.222. The highest BCUT2D eigenvalue weighted by atomic mass is 32.2. The van der Waals surface area contributed by atoms with Gasteiger partial charge in [-0.3, -0.25) is 9.10 Å². The van der Waals surface area contributed by atoms with E-state index in [2.05, 4.69) is 10.3 Å². The summed E-state index contributed by atoms with van der Waals surface area (Å²) in [5.74, 6) is -0.0158. The third-order valence-electron chi connectivity index (χ3n) is 6.42. The first kappa shape index (κ1) is 25.4. The Morgan fingerprint density at radius 2 is 1.89 bits per heavy atom. The van der Waals surface area contributed by atoms with Gasteiger partial charge in [-0.25, -0.2) is 22.8 Å². The Kier molecular flexibility index (Phi) is 6.39. The van der Waals surface area contributed by atoms with Crippen molar-refractivity contribution in [2.75, 3.05) is 31.4 Å². The Morgan fingerprint density at radius 1 is 1.16 bits per heavy atom. The number of fused-ring (bicyclic) bond motifs is 2. The lowest BCUT2D eigenvalue weighted by Gasteiger charge is -2.21. The van der Waals surface area contributed by atoms with Crippen LogP contribution in [0.2, 0.25) is 0 Å². The summed E-state index contributed by atoms with van der Waals surface area (Å²) in [5.41, 5.74) is 3.61. The number of rotatable bonds is 6. The van der Waals surface area contributed by atoms with Crippen molar-refractivity contribution in [3.63, 3.8) is 0 Å². The molecule has 4 aromatic rings. The van der Waals surface area contributed by atoms with E-state index in [1.165, 1.54) is 38.4 Å². The fourth-order valence-corrected chi connectivity index (χ4v) is 4.89. The smallest absolute Gasteiger partial charge is 0.255 e. The summed E-state index contributed by atoms with van der Waals surface area (Å²) in [4.78, 5) is 22.2. The van der Waals surface area contributed by atoms with E-state index in [4.69, 9.17) is 14.1 Å². The Morgan fingerprint density at radius 3 is 2.55 bits per heavy atom. The molecule has 2 aromatic carbocycles. The van der Waals surface area contributed by atoms with Crippen LogP contribution >= 0.6 is 0 Å². The minimum Gasteiger partial charge on any atom is -0.469 e. The van der Waals surface area contributed by atoms with Gasteiger partial charge in [0.1, 0.15) is 28.6 Å². The summed E-state index contributed by atoms with van der Waals surface area (Å²) >= 11 is 0. The lowest BCUT2D eigenvalue weighted by Crippen LogP contribution is -2.25. The van der Waals surface area contributed by atoms with Gasteiger partial charge in [0.15, 0.2) is 6.73 Å². The molecule has 3 heterocycles. The van der Waals surface area contributed by atoms with Gasteiger partial charge in [-0.2, -0.15) is 0 Å². The number of sulfonamides is 1. The van der Waals surface area contributed by atoms with Crippen molar-refractivity contribution in [3.05, 3.63) is 65.6 Å². The molecule has 0 radical (unpaired) electrons. The second-order valence-electron chi connectivity index (χ2n) is 8.76. The molecule has 5 rings (SSSR count). The number of benzene rings is 2. The van der Waals surface area contributed by atoms with Crippen molar-refractivity contribution in [2.24, 2.45) is 4.99 Å². The number of carbonyl (C=O) groups excluding carboxylic acids is 1. The van der Waals surface area contributed by atoms with Gasteiger partial charge in [0.25, 0.3) is 5.91 Å². The first-order chi connectivity index (χ1) is 18.1. The van der Waals surface area contributed by atoms with Gasteiger partial charge in [0.05, 0.1) is 28.9 Å². The van der Waals surface area contributed by atoms with E-state index < -0.39 is 21.7 Å². The van der Waals surface area contributed by atoms with Gasteiger partial charge in [-0.1, -0.05) is 6.92 Å². The van der Waals surface area contributed by atoms with Gasteiger partial charge in [0.2, 0.25) is 10.0 Å². The highest BCUT2D eigenvalue weighted by Crippen LogP contribution is 2.41. The Bertz CT molecular complexity index is 1710. The summed E-state index contributed by atoms with van der Waals surface area (Å²) < 4.78 is 51.7. The number of aliphatic imine (C=N–C) groups is 1. The van der Waals surface area contributed by atoms with E-state index in [0.717, 1.165) is 16.3 Å². The number of carbonyl (C=O) groups is 1. The largest absolute Gasteiger partial charge is 0.469 e. The van der Waals surface area contributed by atoms with Crippen molar-refractivity contribution >= 4 is 38.3 Å². The fourth-order valence-electron chi connectivity index (χ4n) is 4.38. The second-order valence-corrected chi connectivity index (χ2v) is 10.8. The quantitative estimate of drug-likeness (QED) is 0.385. The van der Waals surface area contributed by atoms with Crippen molar-refractivity contribution in [1.82, 2.24) is 10.3 Å². The van der Waals surface area contributed by atoms with Crippen LogP contribution in [0.25, 0.3) is 33.6 Å². The number of halogens is 1. The molecule has 0 fully saturated rings. The summed E-state index contributed by atoms with van der Waals surface area (Å²) in [6, 6.07) is 12.3. The monoisotopic (exact) mass is 536 g/mol. The number of nitrogens with zero attached hydrogens (tertiary/aromatic N) is 3. The van der Waals surface area contributed by atoms with Gasteiger partial charge in [-0.15, -0.1) is 0 Å². The van der Waals surface area contributed by atoms with Crippen LogP contribution in [-0.2, 0) is 10.0 Å². The minimum absolute atomic E-state index is 0.210. The maximum atomic E-state index is 13.6. The van der Waals surface area contributed by atoms with Gasteiger partial charge in [-0.05, 0) is 48.9 Å². The predicted molar refractivity (Wildman–Crippen MR) is 144 cm³/mol. The number of pyridine rings is 1. The predicted octanol–water partition coefficient (Wildman–Crippen LogP) is 4.61. The summed E-state index contributed by atoms with van der Waals surface area (Å²) in [6.45, 7) is 2.18. The SMILES string of the molecule is CCC1=NCOc2ccc(-c3cc4c(C(=O)NC)c(-c5ccc(F)cc5)oc4cc3N(C)S(C)(=O)=O)nc21. The summed E-state index contributed by atoms with van der Waals surface area (Å²) in [5, 5.41) is 3.08. The molecule has 38 heavy (non-hydrogen) atoms. The zero-order valence-corrected chi connectivity index (χ0v) is 22.0. The lowest BCUT2D eigenvalue weighted by atomic mass is 10.00. The van der Waals surface area contributed by atoms with Crippen molar-refractivity contribution in [3.8, 4) is 28.3 Å². The molecule has 2 aromatic heterocycles. The van der Waals surface area contributed by atoms with E-state index in [1.54, 1.807) is 24.3 Å². The van der Waals surface area contributed by atoms with E-state index in [1.807, 2.05) is 6.92 Å². The molecule has 1 aliphatic heterocycles. The molecular weight excluding hydrogens is 511 g/mol. The molecule has 0 bridgehead atoms. The molecule has 0 atom stereocenters. The highest BCUT2D eigenvalue weighted by Gasteiger charge is 2.27. The van der Waals surface area contributed by atoms with Crippen LogP contribution in [0, 0.1) is 5.82 Å². The van der Waals surface area contributed by atoms with E-state index in [0.29, 0.717) is 45.8 Å². The molecule has 0 saturated carbocycles. The molecule has 196 valence electrons. The van der Waals surface area contributed by atoms with Crippen LogP contribution in [0.1, 0.15) is 29.4 Å². The maximum absolute atomic E-state index is 13.6. The number of aromatic nitrogens is 1. The lowest BCUT2D eigenvalue weighted by molar-refractivity contribution is 0.0964. The Hall–Kier alpha value is -4.25. The zero-order chi connectivity index (χ0) is 27.2. The normalized spacial score (nSPS) is 13.0. The summed E-state index contributed by atoms with van der Waals surface area (Å²) in [6.07, 6.45) is 1.74. The maximum Gasteiger partial charge on any atom is 0.255 e. The highest BCUT2D eigenvalue weighted by molar-refractivity contribution is 7.92. The van der Waals surface area contributed by atoms with Crippen molar-refractivity contribution in [1.29, 1.82) is 0 Å². The average Bonchev–Trinajstić information content (AvgIpc) is 3.29. The average molecular weight is 537 g/mol.